The van der Waals surface area contributed by atoms with Crippen molar-refractivity contribution in [2.75, 3.05) is 0 Å². The van der Waals surface area contributed by atoms with Crippen molar-refractivity contribution in [3.63, 3.8) is 0 Å². The monoisotopic (exact) mass is 138 g/mol. The molecule has 2 bridgehead atoms. The first-order valence-corrected chi connectivity index (χ1v) is 4.30. The fourth-order valence-electron chi connectivity index (χ4n) is 2.48. The Hall–Kier alpha value is -0.330. The first-order chi connectivity index (χ1) is 4.77. The van der Waals surface area contributed by atoms with Crippen LogP contribution in [0.2, 0.25) is 0 Å². The standard InChI is InChI=1S/C9H14O/c1-6-2-3-7-4-8(6)9(10)5-7/h6-8H,2-5H2,1H3/t6-,7-,8+/m0/s1. The summed E-state index contributed by atoms with van der Waals surface area (Å²) in [5, 5.41) is 0. The van der Waals surface area contributed by atoms with Crippen LogP contribution in [0.4, 0.5) is 0 Å². The van der Waals surface area contributed by atoms with Crippen molar-refractivity contribution in [3.8, 4) is 0 Å². The third kappa shape index (κ3) is 0.799. The summed E-state index contributed by atoms with van der Waals surface area (Å²) in [7, 11) is 0. The van der Waals surface area contributed by atoms with Gasteiger partial charge >= 0.3 is 0 Å². The van der Waals surface area contributed by atoms with Crippen LogP contribution in [0.25, 0.3) is 0 Å². The molecule has 0 aliphatic heterocycles. The molecule has 0 aromatic heterocycles. The van der Waals surface area contributed by atoms with Crippen LogP contribution >= 0.6 is 0 Å². The van der Waals surface area contributed by atoms with Crippen molar-refractivity contribution < 1.29 is 4.79 Å². The minimum absolute atomic E-state index is 0.457. The molecule has 0 heterocycles. The molecule has 0 aromatic carbocycles. The second-order valence-electron chi connectivity index (χ2n) is 3.93. The van der Waals surface area contributed by atoms with E-state index in [0.717, 1.165) is 12.3 Å². The highest BCUT2D eigenvalue weighted by molar-refractivity contribution is 5.83. The number of fused-ring (bicyclic) bond motifs is 2. The Morgan fingerprint density at radius 1 is 1.40 bits per heavy atom. The Bertz CT molecular complexity index is 162. The summed E-state index contributed by atoms with van der Waals surface area (Å²) in [4.78, 5) is 11.3. The molecule has 0 radical (unpaired) electrons. The van der Waals surface area contributed by atoms with Gasteiger partial charge in [0.25, 0.3) is 0 Å². The van der Waals surface area contributed by atoms with E-state index in [0.29, 0.717) is 17.6 Å². The van der Waals surface area contributed by atoms with Crippen molar-refractivity contribution in [1.82, 2.24) is 0 Å². The summed E-state index contributed by atoms with van der Waals surface area (Å²) in [6, 6.07) is 0. The Morgan fingerprint density at radius 3 is 2.90 bits per heavy atom. The van der Waals surface area contributed by atoms with Gasteiger partial charge in [-0.25, -0.2) is 0 Å². The van der Waals surface area contributed by atoms with Gasteiger partial charge in [-0.2, -0.15) is 0 Å². The van der Waals surface area contributed by atoms with Crippen LogP contribution in [-0.4, -0.2) is 5.78 Å². The highest BCUT2D eigenvalue weighted by Gasteiger charge is 2.39. The highest BCUT2D eigenvalue weighted by Crippen LogP contribution is 2.42. The fraction of sp³-hybridized carbons (Fsp3) is 0.889. The summed E-state index contributed by atoms with van der Waals surface area (Å²) < 4.78 is 0. The van der Waals surface area contributed by atoms with Gasteiger partial charge in [0, 0.05) is 12.3 Å². The van der Waals surface area contributed by atoms with Gasteiger partial charge in [0.05, 0.1) is 0 Å². The van der Waals surface area contributed by atoms with E-state index in [4.69, 9.17) is 0 Å². The molecule has 56 valence electrons. The van der Waals surface area contributed by atoms with Crippen LogP contribution in [0.5, 0.6) is 0 Å². The van der Waals surface area contributed by atoms with Gasteiger partial charge in [0.2, 0.25) is 0 Å². The third-order valence-electron chi connectivity index (χ3n) is 3.21. The van der Waals surface area contributed by atoms with Crippen molar-refractivity contribution >= 4 is 5.78 Å². The van der Waals surface area contributed by atoms with Crippen LogP contribution < -0.4 is 0 Å². The lowest BCUT2D eigenvalue weighted by Crippen LogP contribution is -2.18. The number of carbonyl (C=O) groups is 1. The molecule has 0 spiro atoms. The minimum atomic E-state index is 0.457. The van der Waals surface area contributed by atoms with Crippen LogP contribution in [0.1, 0.15) is 32.6 Å². The summed E-state index contributed by atoms with van der Waals surface area (Å²) in [5.41, 5.74) is 0. The zero-order valence-corrected chi connectivity index (χ0v) is 6.47. The summed E-state index contributed by atoms with van der Waals surface area (Å²) in [5.74, 6) is 2.47. The largest absolute Gasteiger partial charge is 0.299 e. The highest BCUT2D eigenvalue weighted by atomic mass is 16.1. The number of carbonyl (C=O) groups excluding carboxylic acids is 1. The number of ketones is 1. The number of hydrogen-bond acceptors (Lipinski definition) is 1. The molecule has 3 atom stereocenters. The van der Waals surface area contributed by atoms with Crippen LogP contribution in [0.3, 0.4) is 0 Å². The normalized spacial score (nSPS) is 46.1. The maximum Gasteiger partial charge on any atom is 0.136 e. The topological polar surface area (TPSA) is 17.1 Å². The van der Waals surface area contributed by atoms with Crippen LogP contribution in [-0.2, 0) is 4.79 Å². The van der Waals surface area contributed by atoms with E-state index in [1.165, 1.54) is 19.3 Å². The van der Waals surface area contributed by atoms with Crippen molar-refractivity contribution in [3.05, 3.63) is 0 Å². The van der Waals surface area contributed by atoms with Gasteiger partial charge in [0.15, 0.2) is 0 Å². The summed E-state index contributed by atoms with van der Waals surface area (Å²) in [6.45, 7) is 2.23. The van der Waals surface area contributed by atoms with E-state index in [9.17, 15) is 4.79 Å². The van der Waals surface area contributed by atoms with Crippen molar-refractivity contribution in [2.24, 2.45) is 17.8 Å². The van der Waals surface area contributed by atoms with E-state index in [1.54, 1.807) is 0 Å². The minimum Gasteiger partial charge on any atom is -0.299 e. The van der Waals surface area contributed by atoms with E-state index in [1.807, 2.05) is 0 Å². The number of rotatable bonds is 0. The Morgan fingerprint density at radius 2 is 2.20 bits per heavy atom. The molecule has 0 unspecified atom stereocenters. The molecule has 1 heteroatoms. The molecule has 0 N–H and O–H groups in total. The molecular weight excluding hydrogens is 124 g/mol. The molecule has 2 fully saturated rings. The van der Waals surface area contributed by atoms with Gasteiger partial charge in [-0.3, -0.25) is 4.79 Å². The zero-order chi connectivity index (χ0) is 7.14. The average Bonchev–Trinajstić information content (AvgIpc) is 2.21. The lowest BCUT2D eigenvalue weighted by Gasteiger charge is -2.23. The second kappa shape index (κ2) is 2.08. The molecular formula is C9H14O. The number of hydrogen-bond donors (Lipinski definition) is 0. The fourth-order valence-corrected chi connectivity index (χ4v) is 2.48. The Balaban J connectivity index is 2.17. The second-order valence-corrected chi connectivity index (χ2v) is 3.93. The number of Topliss-reactive ketones (excluding diaryl/α,β-unsaturated/α-hetero) is 1. The third-order valence-corrected chi connectivity index (χ3v) is 3.21. The first kappa shape index (κ1) is 6.38. The van der Waals surface area contributed by atoms with Crippen molar-refractivity contribution in [2.45, 2.75) is 32.6 Å². The Labute approximate surface area is 61.8 Å². The predicted octanol–water partition coefficient (Wildman–Crippen LogP) is 2.01. The lowest BCUT2D eigenvalue weighted by atomic mass is 9.81. The van der Waals surface area contributed by atoms with Crippen molar-refractivity contribution in [1.29, 1.82) is 0 Å². The van der Waals surface area contributed by atoms with E-state index >= 15 is 0 Å². The molecule has 10 heavy (non-hydrogen) atoms. The molecule has 2 aliphatic rings. The quantitative estimate of drug-likeness (QED) is 0.500. The summed E-state index contributed by atoms with van der Waals surface area (Å²) in [6.07, 6.45) is 4.71. The lowest BCUT2D eigenvalue weighted by molar-refractivity contribution is -0.121. The maximum absolute atomic E-state index is 11.3. The van der Waals surface area contributed by atoms with Crippen LogP contribution in [0.15, 0.2) is 0 Å². The van der Waals surface area contributed by atoms with E-state index < -0.39 is 0 Å². The average molecular weight is 138 g/mol. The van der Waals surface area contributed by atoms with Gasteiger partial charge in [-0.15, -0.1) is 0 Å². The van der Waals surface area contributed by atoms with Gasteiger partial charge < -0.3 is 0 Å². The van der Waals surface area contributed by atoms with Gasteiger partial charge in [-0.1, -0.05) is 6.92 Å². The van der Waals surface area contributed by atoms with Gasteiger partial charge in [-0.05, 0) is 31.1 Å². The molecule has 2 rings (SSSR count). The molecule has 2 saturated carbocycles. The Kier molecular flexibility index (Phi) is 1.33. The molecule has 2 aliphatic carbocycles. The van der Waals surface area contributed by atoms with E-state index in [2.05, 4.69) is 6.92 Å². The first-order valence-electron chi connectivity index (χ1n) is 4.30. The van der Waals surface area contributed by atoms with Crippen LogP contribution in [0, 0.1) is 17.8 Å². The zero-order valence-electron chi connectivity index (χ0n) is 6.47. The molecule has 1 nitrogen and oxygen atoms in total. The SMILES string of the molecule is C[C@H]1CC[C@@H]2CC(=O)[C@@H]1C2. The van der Waals surface area contributed by atoms with Gasteiger partial charge in [0.1, 0.15) is 5.78 Å². The maximum atomic E-state index is 11.3. The van der Waals surface area contributed by atoms with E-state index in [-0.39, 0.29) is 0 Å². The molecule has 0 aromatic rings. The predicted molar refractivity (Wildman–Crippen MR) is 39.6 cm³/mol. The molecule has 0 saturated heterocycles. The smallest absolute Gasteiger partial charge is 0.136 e. The summed E-state index contributed by atoms with van der Waals surface area (Å²) >= 11 is 0. The molecule has 0 amide bonds.